The number of aromatic nitrogens is 4. The van der Waals surface area contributed by atoms with Gasteiger partial charge in [-0.3, -0.25) is 4.98 Å². The molecule has 39 heavy (non-hydrogen) atoms. The summed E-state index contributed by atoms with van der Waals surface area (Å²) in [6, 6.07) is 6.81. The molecule has 1 aliphatic heterocycles. The maximum absolute atomic E-state index is 15.2. The van der Waals surface area contributed by atoms with Gasteiger partial charge in [0, 0.05) is 31.2 Å². The Balaban J connectivity index is 1.33. The van der Waals surface area contributed by atoms with Crippen molar-refractivity contribution in [2.45, 2.75) is 50.4 Å². The van der Waals surface area contributed by atoms with Crippen LogP contribution in [-0.2, 0) is 5.67 Å². The molecule has 4 heterocycles. The van der Waals surface area contributed by atoms with Gasteiger partial charge in [-0.15, -0.1) is 0 Å². The molecule has 0 unspecified atom stereocenters. The highest BCUT2D eigenvalue weighted by Crippen LogP contribution is 2.44. The first kappa shape index (κ1) is 25.6. The van der Waals surface area contributed by atoms with E-state index >= 15 is 13.2 Å². The number of nitrogens with two attached hydrogens (primary N) is 1. The Morgan fingerprint density at radius 3 is 2.54 bits per heavy atom. The fraction of sp³-hybridized carbons (Fsp3) is 0.393. The van der Waals surface area contributed by atoms with Crippen molar-refractivity contribution in [3.05, 3.63) is 66.1 Å². The number of pyridine rings is 1. The number of nitrogens with zero attached hydrogens (tertiary/aromatic N) is 5. The number of halogens is 3. The molecule has 11 heteroatoms. The summed E-state index contributed by atoms with van der Waals surface area (Å²) in [7, 11) is 0. The van der Waals surface area contributed by atoms with E-state index in [4.69, 9.17) is 5.73 Å². The Kier molecular flexibility index (Phi) is 6.43. The van der Waals surface area contributed by atoms with Gasteiger partial charge >= 0.3 is 0 Å². The first-order valence-corrected chi connectivity index (χ1v) is 13.2. The minimum atomic E-state index is -1.70. The predicted molar refractivity (Wildman–Crippen MR) is 142 cm³/mol. The standard InChI is InChI=1S/C28H30F3N7O/c1-16-14-37(15-21(32)26(16)39)24-6-9-33-13-23(24)35-27-34-12-18-4-5-22(36-38(18)27)25-19(29)10-17(11-20(25)30)28(31)7-2-3-8-28/h4-6,9-13,16,21,26,39H,2-3,7-8,14-15,32H2,1H3,(H,34,35)/t16-,21+,26+/m0/s1. The molecule has 1 saturated heterocycles. The Hall–Kier alpha value is -3.70. The molecular formula is C28H30F3N7O. The zero-order valence-corrected chi connectivity index (χ0v) is 21.5. The molecule has 6 rings (SSSR count). The van der Waals surface area contributed by atoms with Crippen molar-refractivity contribution in [1.29, 1.82) is 0 Å². The lowest BCUT2D eigenvalue weighted by atomic mass is 9.92. The van der Waals surface area contributed by atoms with Crippen LogP contribution >= 0.6 is 0 Å². The maximum Gasteiger partial charge on any atom is 0.229 e. The number of fused-ring (bicyclic) bond motifs is 1. The van der Waals surface area contributed by atoms with Crippen LogP contribution in [-0.4, -0.2) is 49.9 Å². The summed E-state index contributed by atoms with van der Waals surface area (Å²) >= 11 is 0. The summed E-state index contributed by atoms with van der Waals surface area (Å²) < 4.78 is 47.1. The highest BCUT2D eigenvalue weighted by atomic mass is 19.1. The zero-order chi connectivity index (χ0) is 27.3. The van der Waals surface area contributed by atoms with Crippen LogP contribution in [0.4, 0.5) is 30.5 Å². The molecule has 0 spiro atoms. The van der Waals surface area contributed by atoms with E-state index in [0.717, 1.165) is 17.8 Å². The highest BCUT2D eigenvalue weighted by Gasteiger charge is 2.37. The Bertz CT molecular complexity index is 1490. The topological polar surface area (TPSA) is 105 Å². The van der Waals surface area contributed by atoms with E-state index in [2.05, 4.69) is 25.3 Å². The number of benzene rings is 1. The number of aliphatic hydroxyl groups is 1. The summed E-state index contributed by atoms with van der Waals surface area (Å²) in [5, 5.41) is 18.0. The third-order valence-corrected chi connectivity index (χ3v) is 7.94. The molecule has 1 saturated carbocycles. The third kappa shape index (κ3) is 4.59. The van der Waals surface area contributed by atoms with Gasteiger partial charge in [0.15, 0.2) is 0 Å². The molecule has 8 nitrogen and oxygen atoms in total. The zero-order valence-electron chi connectivity index (χ0n) is 21.5. The van der Waals surface area contributed by atoms with Gasteiger partial charge < -0.3 is 21.1 Å². The summed E-state index contributed by atoms with van der Waals surface area (Å²) in [4.78, 5) is 10.7. The number of imidazole rings is 1. The molecule has 204 valence electrons. The van der Waals surface area contributed by atoms with Gasteiger partial charge in [0.2, 0.25) is 5.95 Å². The van der Waals surface area contributed by atoms with Crippen molar-refractivity contribution in [3.8, 4) is 11.3 Å². The van der Waals surface area contributed by atoms with E-state index in [1.54, 1.807) is 24.7 Å². The number of nitrogens with one attached hydrogen (secondary N) is 1. The molecule has 2 aliphatic rings. The molecule has 2 fully saturated rings. The fourth-order valence-electron chi connectivity index (χ4n) is 5.79. The van der Waals surface area contributed by atoms with E-state index in [1.165, 1.54) is 10.6 Å². The van der Waals surface area contributed by atoms with Crippen LogP contribution in [0.5, 0.6) is 0 Å². The van der Waals surface area contributed by atoms with Crippen LogP contribution in [0.1, 0.15) is 38.2 Å². The largest absolute Gasteiger partial charge is 0.391 e. The van der Waals surface area contributed by atoms with Crippen molar-refractivity contribution in [1.82, 2.24) is 19.6 Å². The number of rotatable bonds is 5. The molecule has 4 N–H and O–H groups in total. The van der Waals surface area contributed by atoms with Gasteiger partial charge in [0.25, 0.3) is 0 Å². The second-order valence-corrected chi connectivity index (χ2v) is 10.7. The molecular weight excluding hydrogens is 507 g/mol. The minimum Gasteiger partial charge on any atom is -0.391 e. The van der Waals surface area contributed by atoms with E-state index in [1.807, 2.05) is 13.0 Å². The molecule has 3 aromatic heterocycles. The van der Waals surface area contributed by atoms with Gasteiger partial charge in [-0.2, -0.15) is 9.61 Å². The van der Waals surface area contributed by atoms with Gasteiger partial charge in [-0.05, 0) is 61.6 Å². The third-order valence-electron chi connectivity index (χ3n) is 7.94. The van der Waals surface area contributed by atoms with E-state index < -0.39 is 29.4 Å². The Labute approximate surface area is 223 Å². The lowest BCUT2D eigenvalue weighted by Gasteiger charge is -2.40. The van der Waals surface area contributed by atoms with Crippen LogP contribution < -0.4 is 16.0 Å². The number of hydrogen-bond acceptors (Lipinski definition) is 7. The first-order chi connectivity index (χ1) is 18.7. The molecule has 1 aromatic carbocycles. The quantitative estimate of drug-likeness (QED) is 0.339. The van der Waals surface area contributed by atoms with Crippen molar-refractivity contribution in [2.24, 2.45) is 11.7 Å². The van der Waals surface area contributed by atoms with Crippen molar-refractivity contribution >= 4 is 22.8 Å². The molecule has 0 radical (unpaired) electrons. The summed E-state index contributed by atoms with van der Waals surface area (Å²) in [6.07, 6.45) is 6.24. The average Bonchev–Trinajstić information content (AvgIpc) is 3.54. The number of hydrogen-bond donors (Lipinski definition) is 3. The molecule has 3 atom stereocenters. The SMILES string of the molecule is C[C@H]1CN(c2ccncc2Nc2ncc3ccc(-c4c(F)cc(C5(F)CCCC5)cc4F)nn23)C[C@@H](N)[C@@H]1O. The first-order valence-electron chi connectivity index (χ1n) is 13.2. The number of anilines is 3. The predicted octanol–water partition coefficient (Wildman–Crippen LogP) is 4.70. The van der Waals surface area contributed by atoms with Gasteiger partial charge in [0.1, 0.15) is 17.3 Å². The monoisotopic (exact) mass is 537 g/mol. The normalized spacial score (nSPS) is 22.9. The number of alkyl halides is 1. The molecule has 0 amide bonds. The Morgan fingerprint density at radius 2 is 1.82 bits per heavy atom. The van der Waals surface area contributed by atoms with Gasteiger partial charge in [-0.1, -0.05) is 6.92 Å². The number of piperidine rings is 1. The second-order valence-electron chi connectivity index (χ2n) is 10.7. The van der Waals surface area contributed by atoms with Gasteiger partial charge in [-0.25, -0.2) is 18.2 Å². The van der Waals surface area contributed by atoms with Crippen LogP contribution in [0.2, 0.25) is 0 Å². The molecule has 0 bridgehead atoms. The molecule has 1 aliphatic carbocycles. The Morgan fingerprint density at radius 1 is 1.08 bits per heavy atom. The summed E-state index contributed by atoms with van der Waals surface area (Å²) in [6.45, 7) is 3.02. The van der Waals surface area contributed by atoms with E-state index in [9.17, 15) is 5.11 Å². The molecule has 4 aromatic rings. The van der Waals surface area contributed by atoms with Crippen molar-refractivity contribution in [3.63, 3.8) is 0 Å². The van der Waals surface area contributed by atoms with Crippen molar-refractivity contribution < 1.29 is 18.3 Å². The lowest BCUT2D eigenvalue weighted by molar-refractivity contribution is 0.0785. The minimum absolute atomic E-state index is 0.0247. The van der Waals surface area contributed by atoms with Crippen LogP contribution in [0.3, 0.4) is 0 Å². The highest BCUT2D eigenvalue weighted by molar-refractivity contribution is 5.74. The number of aliphatic hydroxyl groups excluding tert-OH is 1. The maximum atomic E-state index is 15.2. The van der Waals surface area contributed by atoms with Crippen LogP contribution in [0.15, 0.2) is 48.9 Å². The average molecular weight is 538 g/mol. The van der Waals surface area contributed by atoms with Crippen LogP contribution in [0, 0.1) is 17.6 Å². The summed E-state index contributed by atoms with van der Waals surface area (Å²) in [5.41, 5.74) is 6.31. The lowest BCUT2D eigenvalue weighted by Crippen LogP contribution is -2.55. The fourth-order valence-corrected chi connectivity index (χ4v) is 5.79. The van der Waals surface area contributed by atoms with E-state index in [0.29, 0.717) is 43.1 Å². The van der Waals surface area contributed by atoms with Crippen LogP contribution in [0.25, 0.3) is 16.8 Å². The second kappa shape index (κ2) is 9.80. The van der Waals surface area contributed by atoms with Crippen molar-refractivity contribution in [2.75, 3.05) is 23.3 Å². The summed E-state index contributed by atoms with van der Waals surface area (Å²) in [5.74, 6) is -1.42. The van der Waals surface area contributed by atoms with Gasteiger partial charge in [0.05, 0.1) is 46.6 Å². The smallest absolute Gasteiger partial charge is 0.229 e. The van der Waals surface area contributed by atoms with E-state index in [-0.39, 0.29) is 35.6 Å².